The van der Waals surface area contributed by atoms with Crippen LogP contribution in [0.25, 0.3) is 0 Å². The van der Waals surface area contributed by atoms with Gasteiger partial charge in [0.15, 0.2) is 0 Å². The average Bonchev–Trinajstić information content (AvgIpc) is 3.57. The fourth-order valence-corrected chi connectivity index (χ4v) is 4.23. The first-order chi connectivity index (χ1) is 12.2. The van der Waals surface area contributed by atoms with Gasteiger partial charge in [0.1, 0.15) is 0 Å². The van der Waals surface area contributed by atoms with Gasteiger partial charge in [0.25, 0.3) is 0 Å². The second kappa shape index (κ2) is 7.52. The molecule has 0 aromatic rings. The van der Waals surface area contributed by atoms with E-state index in [1.54, 1.807) is 0 Å². The molecule has 0 aromatic carbocycles. The van der Waals surface area contributed by atoms with Gasteiger partial charge in [-0.2, -0.15) is 0 Å². The SMILES string of the molecule is O=C(NCC1CC1)[C@H]1CCCN(C(=O)NC[C@H]2CCN(C3CC3)C2)C1. The van der Waals surface area contributed by atoms with E-state index in [2.05, 4.69) is 15.5 Å². The maximum atomic E-state index is 12.5. The molecule has 25 heavy (non-hydrogen) atoms. The van der Waals surface area contributed by atoms with Crippen LogP contribution in [-0.4, -0.2) is 67.0 Å². The quantitative estimate of drug-likeness (QED) is 0.763. The minimum Gasteiger partial charge on any atom is -0.356 e. The molecule has 0 radical (unpaired) electrons. The zero-order valence-corrected chi connectivity index (χ0v) is 15.2. The molecule has 140 valence electrons. The molecule has 2 saturated carbocycles. The van der Waals surface area contributed by atoms with E-state index < -0.39 is 0 Å². The van der Waals surface area contributed by atoms with Gasteiger partial charge in [-0.3, -0.25) is 4.79 Å². The van der Waals surface area contributed by atoms with Crippen molar-refractivity contribution in [2.24, 2.45) is 17.8 Å². The van der Waals surface area contributed by atoms with Gasteiger partial charge in [-0.15, -0.1) is 0 Å². The largest absolute Gasteiger partial charge is 0.356 e. The Kier molecular flexibility index (Phi) is 5.15. The molecule has 0 aromatic heterocycles. The molecule has 3 amide bonds. The maximum absolute atomic E-state index is 12.5. The van der Waals surface area contributed by atoms with Gasteiger partial charge in [-0.05, 0) is 63.3 Å². The van der Waals surface area contributed by atoms with Gasteiger partial charge in [-0.25, -0.2) is 4.79 Å². The summed E-state index contributed by atoms with van der Waals surface area (Å²) >= 11 is 0. The van der Waals surface area contributed by atoms with E-state index in [0.717, 1.165) is 45.1 Å². The highest BCUT2D eigenvalue weighted by Gasteiger charge is 2.35. The average molecular weight is 348 g/mol. The number of urea groups is 1. The van der Waals surface area contributed by atoms with Gasteiger partial charge in [0, 0.05) is 38.8 Å². The van der Waals surface area contributed by atoms with Gasteiger partial charge < -0.3 is 20.4 Å². The lowest BCUT2D eigenvalue weighted by molar-refractivity contribution is -0.126. The fraction of sp³-hybridized carbons (Fsp3) is 0.895. The van der Waals surface area contributed by atoms with E-state index in [0.29, 0.717) is 18.4 Å². The van der Waals surface area contributed by atoms with E-state index in [4.69, 9.17) is 0 Å². The van der Waals surface area contributed by atoms with E-state index >= 15 is 0 Å². The standard InChI is InChI=1S/C19H32N4O2/c24-18(20-10-14-3-4-14)16-2-1-8-23(13-16)19(25)21-11-15-7-9-22(12-15)17-5-6-17/h14-17H,1-13H2,(H,20,24)(H,21,25)/t15-,16+/m1/s1. The van der Waals surface area contributed by atoms with Crippen molar-refractivity contribution in [3.05, 3.63) is 0 Å². The molecule has 0 spiro atoms. The molecule has 0 unspecified atom stereocenters. The summed E-state index contributed by atoms with van der Waals surface area (Å²) in [7, 11) is 0. The third-order valence-electron chi connectivity index (χ3n) is 6.26. The summed E-state index contributed by atoms with van der Waals surface area (Å²) in [5.74, 6) is 1.40. The molecule has 6 heteroatoms. The summed E-state index contributed by atoms with van der Waals surface area (Å²) in [4.78, 5) is 29.2. The normalized spacial score (nSPS) is 30.3. The molecule has 4 rings (SSSR count). The highest BCUT2D eigenvalue weighted by Crippen LogP contribution is 2.31. The highest BCUT2D eigenvalue weighted by atomic mass is 16.2. The van der Waals surface area contributed by atoms with Crippen molar-refractivity contribution in [2.75, 3.05) is 39.3 Å². The van der Waals surface area contributed by atoms with Crippen molar-refractivity contribution in [1.29, 1.82) is 0 Å². The Morgan fingerprint density at radius 3 is 2.40 bits per heavy atom. The van der Waals surface area contributed by atoms with Crippen LogP contribution in [0.5, 0.6) is 0 Å². The van der Waals surface area contributed by atoms with Crippen LogP contribution in [0.3, 0.4) is 0 Å². The lowest BCUT2D eigenvalue weighted by atomic mass is 9.97. The first-order valence-electron chi connectivity index (χ1n) is 10.2. The van der Waals surface area contributed by atoms with Crippen molar-refractivity contribution in [2.45, 2.75) is 51.0 Å². The number of nitrogens with one attached hydrogen (secondary N) is 2. The summed E-state index contributed by atoms with van der Waals surface area (Å²) < 4.78 is 0. The lowest BCUT2D eigenvalue weighted by Gasteiger charge is -2.32. The molecule has 2 aliphatic heterocycles. The number of piperidine rings is 1. The number of hydrogen-bond donors (Lipinski definition) is 2. The molecular formula is C19H32N4O2. The van der Waals surface area contributed by atoms with Crippen LogP contribution >= 0.6 is 0 Å². The Morgan fingerprint density at radius 1 is 0.840 bits per heavy atom. The number of hydrogen-bond acceptors (Lipinski definition) is 3. The second-order valence-corrected chi connectivity index (χ2v) is 8.54. The predicted octanol–water partition coefficient (Wildman–Crippen LogP) is 1.42. The van der Waals surface area contributed by atoms with Gasteiger partial charge in [-0.1, -0.05) is 0 Å². The molecule has 0 bridgehead atoms. The van der Waals surface area contributed by atoms with Crippen molar-refractivity contribution < 1.29 is 9.59 Å². The van der Waals surface area contributed by atoms with E-state index in [1.165, 1.54) is 38.6 Å². The summed E-state index contributed by atoms with van der Waals surface area (Å²) in [6.45, 7) is 5.27. The highest BCUT2D eigenvalue weighted by molar-refractivity contribution is 5.80. The minimum absolute atomic E-state index is 0.0181. The molecule has 2 N–H and O–H groups in total. The monoisotopic (exact) mass is 348 g/mol. The van der Waals surface area contributed by atoms with Crippen molar-refractivity contribution in [3.63, 3.8) is 0 Å². The van der Waals surface area contributed by atoms with Crippen molar-refractivity contribution >= 4 is 11.9 Å². The molecule has 2 aliphatic carbocycles. The van der Waals surface area contributed by atoms with E-state index in [9.17, 15) is 9.59 Å². The van der Waals surface area contributed by atoms with Crippen LogP contribution in [0, 0.1) is 17.8 Å². The molecular weight excluding hydrogens is 316 g/mol. The smallest absolute Gasteiger partial charge is 0.317 e. The van der Waals surface area contributed by atoms with Gasteiger partial charge in [0.05, 0.1) is 5.92 Å². The zero-order valence-electron chi connectivity index (χ0n) is 15.2. The van der Waals surface area contributed by atoms with Crippen LogP contribution in [0.4, 0.5) is 4.79 Å². The van der Waals surface area contributed by atoms with Crippen LogP contribution in [-0.2, 0) is 4.79 Å². The Morgan fingerprint density at radius 2 is 1.64 bits per heavy atom. The third-order valence-corrected chi connectivity index (χ3v) is 6.26. The van der Waals surface area contributed by atoms with Crippen molar-refractivity contribution in [3.8, 4) is 0 Å². The van der Waals surface area contributed by atoms with Gasteiger partial charge >= 0.3 is 6.03 Å². The zero-order chi connectivity index (χ0) is 17.2. The summed E-state index contributed by atoms with van der Waals surface area (Å²) in [5, 5.41) is 6.19. The number of likely N-dealkylation sites (tertiary alicyclic amines) is 2. The molecule has 4 aliphatic rings. The number of carbonyl (C=O) groups excluding carboxylic acids is 2. The topological polar surface area (TPSA) is 64.7 Å². The molecule has 2 atom stereocenters. The fourth-order valence-electron chi connectivity index (χ4n) is 4.23. The Hall–Kier alpha value is -1.30. The second-order valence-electron chi connectivity index (χ2n) is 8.54. The minimum atomic E-state index is -0.0323. The Balaban J connectivity index is 1.18. The maximum Gasteiger partial charge on any atom is 0.317 e. The van der Waals surface area contributed by atoms with Gasteiger partial charge in [0.2, 0.25) is 5.91 Å². The summed E-state index contributed by atoms with van der Waals surface area (Å²) in [6, 6.07) is 0.849. The Bertz CT molecular complexity index is 504. The number of rotatable bonds is 6. The van der Waals surface area contributed by atoms with E-state index in [1.807, 2.05) is 4.90 Å². The predicted molar refractivity (Wildman–Crippen MR) is 96.1 cm³/mol. The molecule has 6 nitrogen and oxygen atoms in total. The lowest BCUT2D eigenvalue weighted by Crippen LogP contribution is -2.49. The number of carbonyl (C=O) groups is 2. The van der Waals surface area contributed by atoms with Crippen LogP contribution < -0.4 is 10.6 Å². The van der Waals surface area contributed by atoms with Crippen molar-refractivity contribution in [1.82, 2.24) is 20.4 Å². The first-order valence-corrected chi connectivity index (χ1v) is 10.2. The molecule has 2 heterocycles. The van der Waals surface area contributed by atoms with Crippen LogP contribution in [0.2, 0.25) is 0 Å². The first kappa shape index (κ1) is 17.1. The Labute approximate surface area is 150 Å². The number of nitrogens with zero attached hydrogens (tertiary/aromatic N) is 2. The molecule has 4 fully saturated rings. The van der Waals surface area contributed by atoms with Crippen LogP contribution in [0.15, 0.2) is 0 Å². The third kappa shape index (κ3) is 4.66. The van der Waals surface area contributed by atoms with Crippen LogP contribution in [0.1, 0.15) is 44.9 Å². The molecule has 2 saturated heterocycles. The summed E-state index contributed by atoms with van der Waals surface area (Å²) in [5.41, 5.74) is 0. The van der Waals surface area contributed by atoms with E-state index in [-0.39, 0.29) is 17.9 Å². The summed E-state index contributed by atoms with van der Waals surface area (Å²) in [6.07, 6.45) is 8.24. The number of amides is 3.